The van der Waals surface area contributed by atoms with E-state index < -0.39 is 0 Å². The molecule has 0 rings (SSSR count). The summed E-state index contributed by atoms with van der Waals surface area (Å²) in [6.07, 6.45) is 8.47. The Morgan fingerprint density at radius 3 is 2.18 bits per heavy atom. The normalized spacial score (nSPS) is 11.3. The van der Waals surface area contributed by atoms with Gasteiger partial charge in [0.1, 0.15) is 0 Å². The molecule has 0 radical (unpaired) electrons. The van der Waals surface area contributed by atoms with Gasteiger partial charge in [-0.25, -0.2) is 0 Å². The van der Waals surface area contributed by atoms with Crippen molar-refractivity contribution in [2.45, 2.75) is 51.9 Å². The number of hydrogen-bond donors (Lipinski definition) is 1. The Labute approximate surface area is 107 Å². The van der Waals surface area contributed by atoms with Gasteiger partial charge in [-0.3, -0.25) is 0 Å². The summed E-state index contributed by atoms with van der Waals surface area (Å²) < 4.78 is 5.04. The fourth-order valence-corrected chi connectivity index (χ4v) is 1.95. The Hall–Kier alpha value is -0.120. The molecule has 3 heteroatoms. The van der Waals surface area contributed by atoms with Crippen molar-refractivity contribution in [3.8, 4) is 0 Å². The second-order valence-corrected chi connectivity index (χ2v) is 4.68. The second-order valence-electron chi connectivity index (χ2n) is 4.68. The Balaban J connectivity index is 3.45. The predicted octanol–water partition coefficient (Wildman–Crippen LogP) is 2.68. The summed E-state index contributed by atoms with van der Waals surface area (Å²) in [5, 5.41) is 8.87. The van der Waals surface area contributed by atoms with Gasteiger partial charge in [0.2, 0.25) is 0 Å². The van der Waals surface area contributed by atoms with Crippen LogP contribution < -0.4 is 0 Å². The van der Waals surface area contributed by atoms with E-state index >= 15 is 0 Å². The van der Waals surface area contributed by atoms with Crippen LogP contribution >= 0.6 is 0 Å². The molecular formula is C14H31NO2. The Bertz CT molecular complexity index is 134. The number of aliphatic hydroxyl groups is 1. The highest BCUT2D eigenvalue weighted by molar-refractivity contribution is 4.58. The average molecular weight is 245 g/mol. The fourth-order valence-electron chi connectivity index (χ4n) is 1.95. The maximum atomic E-state index is 8.87. The molecule has 0 saturated heterocycles. The second kappa shape index (κ2) is 13.9. The van der Waals surface area contributed by atoms with Gasteiger partial charge in [-0.15, -0.1) is 0 Å². The molecule has 0 spiro atoms. The maximum absolute atomic E-state index is 8.87. The van der Waals surface area contributed by atoms with Gasteiger partial charge < -0.3 is 14.7 Å². The van der Waals surface area contributed by atoms with Gasteiger partial charge in [-0.1, -0.05) is 26.2 Å². The fraction of sp³-hybridized carbons (Fsp3) is 1.00. The molecule has 0 saturated carbocycles. The van der Waals surface area contributed by atoms with Crippen LogP contribution in [-0.2, 0) is 4.74 Å². The van der Waals surface area contributed by atoms with Crippen LogP contribution in [0.2, 0.25) is 0 Å². The van der Waals surface area contributed by atoms with Crippen LogP contribution in [0, 0.1) is 0 Å². The van der Waals surface area contributed by atoms with Crippen molar-refractivity contribution in [1.29, 1.82) is 0 Å². The Morgan fingerprint density at radius 2 is 1.53 bits per heavy atom. The molecule has 3 nitrogen and oxygen atoms in total. The molecule has 0 aliphatic heterocycles. The molecule has 0 aromatic heterocycles. The van der Waals surface area contributed by atoms with Gasteiger partial charge in [-0.2, -0.15) is 0 Å². The summed E-state index contributed by atoms with van der Waals surface area (Å²) in [5.41, 5.74) is 0. The van der Waals surface area contributed by atoms with Crippen LogP contribution in [0.25, 0.3) is 0 Å². The van der Waals surface area contributed by atoms with Crippen molar-refractivity contribution < 1.29 is 9.84 Å². The van der Waals surface area contributed by atoms with Crippen LogP contribution in [0.5, 0.6) is 0 Å². The topological polar surface area (TPSA) is 32.7 Å². The van der Waals surface area contributed by atoms with Crippen molar-refractivity contribution in [2.24, 2.45) is 0 Å². The first-order chi connectivity index (χ1) is 8.35. The van der Waals surface area contributed by atoms with Gasteiger partial charge in [0.15, 0.2) is 0 Å². The molecule has 0 aromatic carbocycles. The lowest BCUT2D eigenvalue weighted by molar-refractivity contribution is 0.189. The monoisotopic (exact) mass is 245 g/mol. The Morgan fingerprint density at radius 1 is 0.882 bits per heavy atom. The van der Waals surface area contributed by atoms with Gasteiger partial charge in [0.05, 0.1) is 0 Å². The van der Waals surface area contributed by atoms with E-state index in [2.05, 4.69) is 11.8 Å². The minimum Gasteiger partial charge on any atom is -0.396 e. The molecule has 0 heterocycles. The van der Waals surface area contributed by atoms with E-state index in [1.165, 1.54) is 51.6 Å². The molecule has 17 heavy (non-hydrogen) atoms. The SMILES string of the molecule is CCCCN(CCCO)CCCCCCOC. The van der Waals surface area contributed by atoms with Crippen molar-refractivity contribution in [2.75, 3.05) is 40.0 Å². The van der Waals surface area contributed by atoms with E-state index in [9.17, 15) is 0 Å². The molecule has 0 atom stereocenters. The molecule has 0 aromatic rings. The van der Waals surface area contributed by atoms with E-state index in [1.54, 1.807) is 7.11 Å². The molecule has 0 aliphatic carbocycles. The molecule has 0 amide bonds. The zero-order valence-corrected chi connectivity index (χ0v) is 11.8. The van der Waals surface area contributed by atoms with Crippen molar-refractivity contribution >= 4 is 0 Å². The van der Waals surface area contributed by atoms with Crippen molar-refractivity contribution in [3.63, 3.8) is 0 Å². The van der Waals surface area contributed by atoms with Crippen LogP contribution in [0.15, 0.2) is 0 Å². The number of hydrogen-bond acceptors (Lipinski definition) is 3. The molecule has 1 N–H and O–H groups in total. The quantitative estimate of drug-likeness (QED) is 0.506. The molecule has 0 bridgehead atoms. The highest BCUT2D eigenvalue weighted by Crippen LogP contribution is 2.04. The molecule has 104 valence electrons. The molecule has 0 unspecified atom stereocenters. The largest absolute Gasteiger partial charge is 0.396 e. The summed E-state index contributed by atoms with van der Waals surface area (Å²) in [5.74, 6) is 0. The Kier molecular flexibility index (Phi) is 13.8. The van der Waals surface area contributed by atoms with E-state index in [-0.39, 0.29) is 0 Å². The van der Waals surface area contributed by atoms with Gasteiger partial charge in [0.25, 0.3) is 0 Å². The van der Waals surface area contributed by atoms with E-state index in [0.29, 0.717) is 6.61 Å². The standard InChI is InChI=1S/C14H31NO2/c1-3-4-10-15(12-9-13-16)11-7-5-6-8-14-17-2/h16H,3-14H2,1-2H3. The lowest BCUT2D eigenvalue weighted by Gasteiger charge is -2.21. The smallest absolute Gasteiger partial charge is 0.0462 e. The third kappa shape index (κ3) is 12.1. The van der Waals surface area contributed by atoms with Crippen LogP contribution in [0.1, 0.15) is 51.9 Å². The van der Waals surface area contributed by atoms with Gasteiger partial charge in [0, 0.05) is 26.9 Å². The summed E-state index contributed by atoms with van der Waals surface area (Å²) >= 11 is 0. The van der Waals surface area contributed by atoms with E-state index in [4.69, 9.17) is 9.84 Å². The zero-order chi connectivity index (χ0) is 12.8. The zero-order valence-electron chi connectivity index (χ0n) is 11.8. The number of rotatable bonds is 13. The maximum Gasteiger partial charge on any atom is 0.0462 e. The molecular weight excluding hydrogens is 214 g/mol. The third-order valence-electron chi connectivity index (χ3n) is 3.03. The summed E-state index contributed by atoms with van der Waals surface area (Å²) in [4.78, 5) is 2.50. The van der Waals surface area contributed by atoms with Gasteiger partial charge in [-0.05, 0) is 38.8 Å². The number of methoxy groups -OCH3 is 1. The summed E-state index contributed by atoms with van der Waals surface area (Å²) in [7, 11) is 1.77. The van der Waals surface area contributed by atoms with Crippen molar-refractivity contribution in [3.05, 3.63) is 0 Å². The number of ether oxygens (including phenoxy) is 1. The highest BCUT2D eigenvalue weighted by Gasteiger charge is 2.03. The van der Waals surface area contributed by atoms with Crippen molar-refractivity contribution in [1.82, 2.24) is 4.90 Å². The van der Waals surface area contributed by atoms with E-state index in [0.717, 1.165) is 19.6 Å². The lowest BCUT2D eigenvalue weighted by Crippen LogP contribution is -2.27. The van der Waals surface area contributed by atoms with Crippen LogP contribution in [0.3, 0.4) is 0 Å². The number of unbranched alkanes of at least 4 members (excludes halogenated alkanes) is 4. The first-order valence-corrected chi connectivity index (χ1v) is 7.17. The first-order valence-electron chi connectivity index (χ1n) is 7.17. The highest BCUT2D eigenvalue weighted by atomic mass is 16.5. The minimum absolute atomic E-state index is 0.316. The first kappa shape index (κ1) is 16.9. The predicted molar refractivity (Wildman–Crippen MR) is 73.4 cm³/mol. The van der Waals surface area contributed by atoms with Gasteiger partial charge >= 0.3 is 0 Å². The molecule has 0 fully saturated rings. The summed E-state index contributed by atoms with van der Waals surface area (Å²) in [6.45, 7) is 6.87. The average Bonchev–Trinajstić information content (AvgIpc) is 2.35. The lowest BCUT2D eigenvalue weighted by atomic mass is 10.2. The van der Waals surface area contributed by atoms with E-state index in [1.807, 2.05) is 0 Å². The van der Waals surface area contributed by atoms with Crippen LogP contribution in [0.4, 0.5) is 0 Å². The number of aliphatic hydroxyl groups excluding tert-OH is 1. The number of nitrogens with zero attached hydrogens (tertiary/aromatic N) is 1. The summed E-state index contributed by atoms with van der Waals surface area (Å²) in [6, 6.07) is 0. The molecule has 0 aliphatic rings. The minimum atomic E-state index is 0.316. The third-order valence-corrected chi connectivity index (χ3v) is 3.03. The van der Waals surface area contributed by atoms with Crippen LogP contribution in [-0.4, -0.2) is 50.0 Å².